The topological polar surface area (TPSA) is 0 Å². The van der Waals surface area contributed by atoms with Crippen molar-refractivity contribution in [3.63, 3.8) is 0 Å². The quantitative estimate of drug-likeness (QED) is 0.0843. The standard InChI is InChI=1S/2C17H24P.C5H8.Hf/c2*1-16(2,3)18(17(4,5)6)15-11-13-9-7-8-10-14(13)12-15;1-3-5-4-2;/h2*7-12H,1-6H3;3-5H,1H2,2H3;/q2*-1;;. The van der Waals surface area contributed by atoms with Gasteiger partial charge in [0, 0.05) is 25.8 Å². The molecule has 0 unspecified atom stereocenters. The molecule has 0 N–H and O–H groups in total. The summed E-state index contributed by atoms with van der Waals surface area (Å²) in [6, 6.07) is 27.0. The third-order valence-electron chi connectivity index (χ3n) is 6.73. The fourth-order valence-corrected chi connectivity index (χ4v) is 14.4. The summed E-state index contributed by atoms with van der Waals surface area (Å²) in [5.41, 5.74) is 0. The molecule has 0 saturated heterocycles. The van der Waals surface area contributed by atoms with Crippen molar-refractivity contribution in [2.24, 2.45) is 0 Å². The Labute approximate surface area is 280 Å². The Kier molecular flexibility index (Phi) is 14.6. The second-order valence-corrected chi connectivity index (χ2v) is 22.5. The molecule has 42 heavy (non-hydrogen) atoms. The van der Waals surface area contributed by atoms with Gasteiger partial charge in [0.15, 0.2) is 0 Å². The van der Waals surface area contributed by atoms with Gasteiger partial charge < -0.3 is 0 Å². The zero-order valence-corrected chi connectivity index (χ0v) is 34.1. The fourth-order valence-electron chi connectivity index (χ4n) is 6.22. The van der Waals surface area contributed by atoms with E-state index in [0.29, 0.717) is 20.6 Å². The molecule has 4 aromatic rings. The van der Waals surface area contributed by atoms with Crippen LogP contribution in [0.1, 0.15) is 90.0 Å². The molecule has 0 spiro atoms. The molecular weight excluding hydrogens is 709 g/mol. The van der Waals surface area contributed by atoms with Crippen LogP contribution in [0, 0.1) is 0 Å². The summed E-state index contributed by atoms with van der Waals surface area (Å²) >= 11 is 0. The minimum absolute atomic E-state index is 0. The van der Waals surface area contributed by atoms with E-state index in [2.05, 4.69) is 162 Å². The van der Waals surface area contributed by atoms with E-state index >= 15 is 0 Å². The van der Waals surface area contributed by atoms with Crippen LogP contribution in [0.25, 0.3) is 21.5 Å². The molecule has 228 valence electrons. The average molecular weight is 765 g/mol. The largest absolute Gasteiger partial charge is 0.160 e. The van der Waals surface area contributed by atoms with Gasteiger partial charge in [-0.1, -0.05) is 136 Å². The van der Waals surface area contributed by atoms with E-state index < -0.39 is 0 Å². The van der Waals surface area contributed by atoms with Crippen molar-refractivity contribution in [1.29, 1.82) is 0 Å². The number of hydrogen-bond donors (Lipinski definition) is 0. The summed E-state index contributed by atoms with van der Waals surface area (Å²) in [5, 5.41) is 10.0. The van der Waals surface area contributed by atoms with Crippen LogP contribution < -0.4 is 10.6 Å². The minimum Gasteiger partial charge on any atom is -0.160 e. The van der Waals surface area contributed by atoms with Gasteiger partial charge in [-0.15, -0.1) is 80.7 Å². The Morgan fingerprint density at radius 1 is 0.571 bits per heavy atom. The summed E-state index contributed by atoms with van der Waals surface area (Å²) in [6.45, 7) is 33.9. The fraction of sp³-hybridized carbons (Fsp3) is 0.436. The predicted octanol–water partition coefficient (Wildman–Crippen LogP) is 12.3. The van der Waals surface area contributed by atoms with Crippen molar-refractivity contribution in [3.8, 4) is 0 Å². The summed E-state index contributed by atoms with van der Waals surface area (Å²) in [4.78, 5) is 0. The Morgan fingerprint density at radius 2 is 0.881 bits per heavy atom. The van der Waals surface area contributed by atoms with Crippen molar-refractivity contribution < 1.29 is 25.8 Å². The molecule has 0 aromatic heterocycles. The van der Waals surface area contributed by atoms with Crippen molar-refractivity contribution in [1.82, 2.24) is 0 Å². The van der Waals surface area contributed by atoms with Crippen molar-refractivity contribution in [3.05, 3.63) is 97.6 Å². The van der Waals surface area contributed by atoms with Crippen molar-refractivity contribution in [2.75, 3.05) is 0 Å². The molecule has 4 aromatic carbocycles. The maximum absolute atomic E-state index is 3.46. The van der Waals surface area contributed by atoms with Gasteiger partial charge >= 0.3 is 0 Å². The number of allylic oxidation sites excluding steroid dienone is 3. The van der Waals surface area contributed by atoms with Crippen LogP contribution in [-0.2, 0) is 25.8 Å². The molecule has 0 heterocycles. The van der Waals surface area contributed by atoms with E-state index in [9.17, 15) is 0 Å². The third kappa shape index (κ3) is 11.1. The first-order valence-electron chi connectivity index (χ1n) is 15.0. The zero-order chi connectivity index (χ0) is 31.2. The molecule has 0 fully saturated rings. The summed E-state index contributed by atoms with van der Waals surface area (Å²) in [6.07, 6.45) is 5.58. The average Bonchev–Trinajstić information content (AvgIpc) is 3.39. The Morgan fingerprint density at radius 3 is 1.10 bits per heavy atom. The van der Waals surface area contributed by atoms with E-state index in [1.165, 1.54) is 21.5 Å². The van der Waals surface area contributed by atoms with E-state index in [-0.39, 0.29) is 41.7 Å². The minimum atomic E-state index is -0.185. The van der Waals surface area contributed by atoms with E-state index in [1.54, 1.807) is 16.7 Å². The van der Waals surface area contributed by atoms with Crippen molar-refractivity contribution >= 4 is 48.0 Å². The van der Waals surface area contributed by atoms with Gasteiger partial charge in [0.25, 0.3) is 0 Å². The van der Waals surface area contributed by atoms with Gasteiger partial charge in [0.1, 0.15) is 0 Å². The predicted molar refractivity (Wildman–Crippen MR) is 196 cm³/mol. The maximum atomic E-state index is 3.46. The van der Waals surface area contributed by atoms with E-state index in [0.717, 1.165) is 0 Å². The number of hydrogen-bond acceptors (Lipinski definition) is 0. The van der Waals surface area contributed by atoms with Crippen LogP contribution in [0.2, 0.25) is 0 Å². The molecule has 0 amide bonds. The smallest absolute Gasteiger partial charge is 0 e. The molecule has 0 nitrogen and oxygen atoms in total. The third-order valence-corrected chi connectivity index (χ3v) is 13.6. The Hall–Kier alpha value is -1.13. The SMILES string of the molecule is C=CC=CC.CC(C)(C)P(c1cc2ccccc2[cH-]1)C(C)(C)C.CC(C)(C)P(c1cc2ccccc2[cH-]1)C(C)(C)C.[Hf]. The van der Waals surface area contributed by atoms with Gasteiger partial charge in [-0.2, -0.15) is 12.1 Å². The Bertz CT molecular complexity index is 1210. The second kappa shape index (κ2) is 15.7. The van der Waals surface area contributed by atoms with Crippen LogP contribution in [0.15, 0.2) is 97.6 Å². The number of rotatable bonds is 3. The molecule has 0 atom stereocenters. The molecule has 3 heteroatoms. The summed E-state index contributed by atoms with van der Waals surface area (Å²) in [5.74, 6) is 0. The van der Waals surface area contributed by atoms with Gasteiger partial charge in [-0.05, 0) is 27.5 Å². The van der Waals surface area contributed by atoms with Crippen LogP contribution in [-0.4, -0.2) is 20.6 Å². The maximum Gasteiger partial charge on any atom is 0 e. The number of fused-ring (bicyclic) bond motifs is 2. The van der Waals surface area contributed by atoms with Crippen molar-refractivity contribution in [2.45, 2.75) is 111 Å². The second-order valence-electron chi connectivity index (χ2n) is 14.8. The number of benzene rings is 2. The normalized spacial score (nSPS) is 12.6. The molecule has 0 aliphatic carbocycles. The molecule has 0 radical (unpaired) electrons. The van der Waals surface area contributed by atoms with E-state index in [4.69, 9.17) is 0 Å². The van der Waals surface area contributed by atoms with Crippen LogP contribution in [0.5, 0.6) is 0 Å². The van der Waals surface area contributed by atoms with E-state index in [1.807, 2.05) is 19.1 Å². The molecule has 0 aliphatic rings. The summed E-state index contributed by atoms with van der Waals surface area (Å²) < 4.78 is 0. The Balaban J connectivity index is 0.000000355. The monoisotopic (exact) mass is 766 g/mol. The van der Waals surface area contributed by atoms with Gasteiger partial charge in [-0.3, -0.25) is 0 Å². The molecule has 4 rings (SSSR count). The first kappa shape index (κ1) is 38.9. The van der Waals surface area contributed by atoms with Crippen LogP contribution in [0.4, 0.5) is 0 Å². The zero-order valence-electron chi connectivity index (χ0n) is 28.8. The van der Waals surface area contributed by atoms with Crippen LogP contribution >= 0.6 is 15.8 Å². The molecular formula is C39H56HfP2-2. The molecule has 0 bridgehead atoms. The summed E-state index contributed by atoms with van der Waals surface area (Å²) in [7, 11) is -0.369. The van der Waals surface area contributed by atoms with Gasteiger partial charge in [0.2, 0.25) is 0 Å². The molecule has 0 aliphatic heterocycles. The van der Waals surface area contributed by atoms with Gasteiger partial charge in [0.05, 0.1) is 0 Å². The first-order valence-corrected chi connectivity index (χ1v) is 17.6. The van der Waals surface area contributed by atoms with Gasteiger partial charge in [-0.25, -0.2) is 0 Å². The van der Waals surface area contributed by atoms with Crippen LogP contribution in [0.3, 0.4) is 0 Å². The first-order chi connectivity index (χ1) is 18.8. The molecule has 0 saturated carbocycles.